The zero-order chi connectivity index (χ0) is 26.4. The van der Waals surface area contributed by atoms with Crippen molar-refractivity contribution in [1.82, 2.24) is 9.80 Å². The number of hydrogen-bond donors (Lipinski definition) is 1. The van der Waals surface area contributed by atoms with Gasteiger partial charge < -0.3 is 19.6 Å². The van der Waals surface area contributed by atoms with Gasteiger partial charge in [0.25, 0.3) is 0 Å². The van der Waals surface area contributed by atoms with Gasteiger partial charge in [0, 0.05) is 22.2 Å². The minimum atomic E-state index is -0.846. The third-order valence-corrected chi connectivity index (χ3v) is 10.8. The first kappa shape index (κ1) is 27.2. The second kappa shape index (κ2) is 10.1. The van der Waals surface area contributed by atoms with E-state index in [2.05, 4.69) is 22.5 Å². The highest BCUT2D eigenvalue weighted by molar-refractivity contribution is 9.09. The minimum Gasteiger partial charge on any atom is -0.466 e. The van der Waals surface area contributed by atoms with Crippen LogP contribution in [0, 0.1) is 11.8 Å². The van der Waals surface area contributed by atoms with Gasteiger partial charge in [0.05, 0.1) is 35.8 Å². The van der Waals surface area contributed by atoms with Crippen molar-refractivity contribution in [3.8, 4) is 0 Å². The van der Waals surface area contributed by atoms with E-state index in [4.69, 9.17) is 4.74 Å². The van der Waals surface area contributed by atoms with E-state index in [0.29, 0.717) is 13.0 Å². The van der Waals surface area contributed by atoms with Crippen LogP contribution in [0.5, 0.6) is 0 Å². The Morgan fingerprint density at radius 3 is 2.58 bits per heavy atom. The Balaban J connectivity index is 1.89. The van der Waals surface area contributed by atoms with Gasteiger partial charge in [0.15, 0.2) is 0 Å². The molecular formula is C27H35BrN2O5S. The van der Waals surface area contributed by atoms with Crippen molar-refractivity contribution in [3.63, 3.8) is 0 Å². The fourth-order valence-corrected chi connectivity index (χ4v) is 9.77. The number of aliphatic hydroxyl groups is 1. The number of fused-ring (bicyclic) bond motifs is 1. The molecule has 2 amide bonds. The number of nitrogens with zero attached hydrogens (tertiary/aromatic N) is 2. The molecule has 3 unspecified atom stereocenters. The molecule has 3 heterocycles. The van der Waals surface area contributed by atoms with E-state index in [1.54, 1.807) is 34.6 Å². The number of rotatable bonds is 8. The molecule has 4 rings (SSSR count). The van der Waals surface area contributed by atoms with Crippen molar-refractivity contribution in [2.75, 3.05) is 19.8 Å². The monoisotopic (exact) mass is 578 g/mol. The van der Waals surface area contributed by atoms with Crippen LogP contribution in [0.1, 0.15) is 45.7 Å². The van der Waals surface area contributed by atoms with Gasteiger partial charge in [-0.3, -0.25) is 14.4 Å². The van der Waals surface area contributed by atoms with Crippen LogP contribution < -0.4 is 0 Å². The summed E-state index contributed by atoms with van der Waals surface area (Å²) in [5.74, 6) is -2.20. The molecule has 0 aromatic heterocycles. The maximum Gasteiger partial charge on any atom is 0.310 e. The van der Waals surface area contributed by atoms with Crippen LogP contribution in [0.15, 0.2) is 43.0 Å². The van der Waals surface area contributed by atoms with Gasteiger partial charge in [0.2, 0.25) is 11.8 Å². The molecule has 36 heavy (non-hydrogen) atoms. The van der Waals surface area contributed by atoms with Crippen LogP contribution in [-0.4, -0.2) is 78.9 Å². The van der Waals surface area contributed by atoms with E-state index in [-0.39, 0.29) is 35.1 Å². The van der Waals surface area contributed by atoms with E-state index >= 15 is 0 Å². The first-order chi connectivity index (χ1) is 17.0. The molecule has 7 atom stereocenters. The van der Waals surface area contributed by atoms with Crippen molar-refractivity contribution < 1.29 is 24.2 Å². The number of benzene rings is 1. The van der Waals surface area contributed by atoms with Crippen LogP contribution >= 0.6 is 27.7 Å². The highest BCUT2D eigenvalue weighted by atomic mass is 79.9. The lowest BCUT2D eigenvalue weighted by atomic mass is 9.71. The van der Waals surface area contributed by atoms with Crippen molar-refractivity contribution >= 4 is 45.5 Å². The Bertz CT molecular complexity index is 1030. The number of carbonyl (C=O) groups is 3. The molecule has 1 N–H and O–H groups in total. The van der Waals surface area contributed by atoms with Crippen molar-refractivity contribution in [1.29, 1.82) is 0 Å². The summed E-state index contributed by atoms with van der Waals surface area (Å²) in [6, 6.07) is 7.72. The first-order valence-electron chi connectivity index (χ1n) is 12.4. The number of esters is 1. The molecule has 3 aliphatic rings. The molecule has 0 radical (unpaired) electrons. The van der Waals surface area contributed by atoms with E-state index < -0.39 is 40.2 Å². The molecule has 0 saturated carbocycles. The van der Waals surface area contributed by atoms with Crippen LogP contribution in [0.25, 0.3) is 0 Å². The van der Waals surface area contributed by atoms with Crippen molar-refractivity contribution in [2.24, 2.45) is 11.8 Å². The molecule has 1 aromatic carbocycles. The van der Waals surface area contributed by atoms with Gasteiger partial charge in [0.1, 0.15) is 6.04 Å². The standard InChI is InChI=1S/C27H35BrN2O5S/c1-6-13-29(26(3,4)5)24(33)22-27-14-17(28)21(36-27)19(25(34)35-7-2)20(27)23(32)30(22)18(15-31)16-11-9-8-10-12-16/h6,8-12,17-22,31H,1,7,13-15H2,2-5H3/t17?,18-,19-,20+,21-,22?,27?/m1/s1. The van der Waals surface area contributed by atoms with Crippen LogP contribution in [0.4, 0.5) is 0 Å². The second-order valence-corrected chi connectivity index (χ2v) is 13.4. The number of aliphatic hydroxyl groups excluding tert-OH is 1. The highest BCUT2D eigenvalue weighted by Crippen LogP contribution is 2.68. The van der Waals surface area contributed by atoms with Gasteiger partial charge in [-0.15, -0.1) is 18.3 Å². The number of halogens is 1. The molecule has 196 valence electrons. The predicted octanol–water partition coefficient (Wildman–Crippen LogP) is 3.56. The van der Waals surface area contributed by atoms with Crippen molar-refractivity contribution in [2.45, 2.75) is 66.6 Å². The zero-order valence-corrected chi connectivity index (χ0v) is 23.6. The Morgan fingerprint density at radius 1 is 1.36 bits per heavy atom. The summed E-state index contributed by atoms with van der Waals surface area (Å²) in [7, 11) is 0. The van der Waals surface area contributed by atoms with Gasteiger partial charge in [-0.05, 0) is 39.7 Å². The summed E-state index contributed by atoms with van der Waals surface area (Å²) < 4.78 is 4.61. The summed E-state index contributed by atoms with van der Waals surface area (Å²) in [6.07, 6.45) is 2.26. The zero-order valence-electron chi connectivity index (χ0n) is 21.2. The summed E-state index contributed by atoms with van der Waals surface area (Å²) in [5, 5.41) is 10.4. The van der Waals surface area contributed by atoms with Crippen LogP contribution in [0.3, 0.4) is 0 Å². The number of hydrogen-bond acceptors (Lipinski definition) is 6. The quantitative estimate of drug-likeness (QED) is 0.288. The summed E-state index contributed by atoms with van der Waals surface area (Å²) in [4.78, 5) is 45.2. The van der Waals surface area contributed by atoms with Crippen molar-refractivity contribution in [3.05, 3.63) is 48.6 Å². The summed E-state index contributed by atoms with van der Waals surface area (Å²) >= 11 is 5.33. The topological polar surface area (TPSA) is 87.2 Å². The van der Waals surface area contributed by atoms with Gasteiger partial charge in [-0.2, -0.15) is 0 Å². The summed E-state index contributed by atoms with van der Waals surface area (Å²) in [6.45, 7) is 11.7. The Hall–Kier alpha value is -1.84. The number of thioether (sulfide) groups is 1. The molecule has 0 aliphatic carbocycles. The molecule has 3 saturated heterocycles. The Kier molecular flexibility index (Phi) is 7.66. The van der Waals surface area contributed by atoms with Gasteiger partial charge >= 0.3 is 5.97 Å². The largest absolute Gasteiger partial charge is 0.466 e. The number of ether oxygens (including phenoxy) is 1. The number of likely N-dealkylation sites (tertiary alicyclic amines) is 1. The molecule has 7 nitrogen and oxygen atoms in total. The number of carbonyl (C=O) groups excluding carboxylic acids is 3. The SMILES string of the molecule is C=CCN(C(=O)C1N([C@H](CO)c2ccccc2)C(=O)[C@@H]2[C@@H](C(=O)OCC)[C@@H]3SC12CC3Br)C(C)(C)C. The average Bonchev–Trinajstić information content (AvgIpc) is 3.42. The normalized spacial score (nSPS) is 31.8. The highest BCUT2D eigenvalue weighted by Gasteiger charge is 2.77. The lowest BCUT2D eigenvalue weighted by Gasteiger charge is -2.43. The summed E-state index contributed by atoms with van der Waals surface area (Å²) in [5.41, 5.74) is 0.224. The van der Waals surface area contributed by atoms with Crippen LogP contribution in [-0.2, 0) is 19.1 Å². The molecule has 1 aromatic rings. The maximum atomic E-state index is 14.5. The average molecular weight is 580 g/mol. The number of alkyl halides is 1. The Morgan fingerprint density at radius 2 is 2.03 bits per heavy atom. The minimum absolute atomic E-state index is 0.0389. The molecule has 3 aliphatic heterocycles. The third-order valence-electron chi connectivity index (χ3n) is 7.60. The Labute approximate surface area is 225 Å². The van der Waals surface area contributed by atoms with Gasteiger partial charge in [-0.25, -0.2) is 0 Å². The van der Waals surface area contributed by atoms with Crippen LogP contribution in [0.2, 0.25) is 0 Å². The first-order valence-corrected chi connectivity index (χ1v) is 14.2. The molecule has 1 spiro atoms. The molecule has 2 bridgehead atoms. The van der Waals surface area contributed by atoms with E-state index in [1.165, 1.54) is 0 Å². The lowest BCUT2D eigenvalue weighted by Crippen LogP contribution is -2.59. The maximum absolute atomic E-state index is 14.5. The fraction of sp³-hybridized carbons (Fsp3) is 0.593. The molecule has 3 fully saturated rings. The van der Waals surface area contributed by atoms with Gasteiger partial charge in [-0.1, -0.05) is 52.3 Å². The second-order valence-electron chi connectivity index (χ2n) is 10.7. The smallest absolute Gasteiger partial charge is 0.310 e. The molecular weight excluding hydrogens is 544 g/mol. The third kappa shape index (κ3) is 4.21. The lowest BCUT2D eigenvalue weighted by molar-refractivity contribution is -0.154. The fourth-order valence-electron chi connectivity index (χ4n) is 6.19. The van der Waals surface area contributed by atoms with E-state index in [1.807, 2.05) is 51.1 Å². The van der Waals surface area contributed by atoms with E-state index in [9.17, 15) is 19.5 Å². The predicted molar refractivity (Wildman–Crippen MR) is 144 cm³/mol. The molecule has 9 heteroatoms. The number of amides is 2. The van der Waals surface area contributed by atoms with E-state index in [0.717, 1.165) is 5.56 Å².